The zero-order valence-corrected chi connectivity index (χ0v) is 22.8. The van der Waals surface area contributed by atoms with E-state index in [4.69, 9.17) is 37.4 Å². The van der Waals surface area contributed by atoms with Crippen LogP contribution in [-0.2, 0) is 16.1 Å². The van der Waals surface area contributed by atoms with E-state index in [1.165, 1.54) is 31.3 Å². The fourth-order valence-corrected chi connectivity index (χ4v) is 5.07. The average Bonchev–Trinajstić information content (AvgIpc) is 3.13. The number of ketones is 1. The van der Waals surface area contributed by atoms with E-state index >= 15 is 0 Å². The first-order valence-electron chi connectivity index (χ1n) is 11.9. The summed E-state index contributed by atoms with van der Waals surface area (Å²) >= 11 is 12.5. The molecule has 1 unspecified atom stereocenters. The van der Waals surface area contributed by atoms with Gasteiger partial charge in [0.2, 0.25) is 0 Å². The molecule has 0 radical (unpaired) electrons. The van der Waals surface area contributed by atoms with E-state index in [-0.39, 0.29) is 39.6 Å². The number of ether oxygens (including phenoxy) is 3. The number of carbonyl (C=O) groups is 2. The van der Waals surface area contributed by atoms with Gasteiger partial charge in [-0.05, 0) is 49.7 Å². The summed E-state index contributed by atoms with van der Waals surface area (Å²) in [5.41, 5.74) is 1.29. The van der Waals surface area contributed by atoms with E-state index in [0.717, 1.165) is 0 Å². The van der Waals surface area contributed by atoms with Gasteiger partial charge in [0.15, 0.2) is 0 Å². The average molecular weight is 556 g/mol. The number of hydrogen-bond donors (Lipinski definition) is 1. The lowest BCUT2D eigenvalue weighted by atomic mass is 9.94. The van der Waals surface area contributed by atoms with Gasteiger partial charge in [-0.3, -0.25) is 9.59 Å². The number of methoxy groups -OCH3 is 2. The Hall–Kier alpha value is -3.68. The quantitative estimate of drug-likeness (QED) is 0.196. The molecular weight excluding hydrogens is 529 g/mol. The lowest BCUT2D eigenvalue weighted by molar-refractivity contribution is -0.140. The summed E-state index contributed by atoms with van der Waals surface area (Å²) in [6.07, 6.45) is -0.0305. The number of carbonyl (C=O) groups excluding carboxylic acids is 2. The Morgan fingerprint density at radius 3 is 2.32 bits per heavy atom. The summed E-state index contributed by atoms with van der Waals surface area (Å²) in [4.78, 5) is 28.3. The van der Waals surface area contributed by atoms with Gasteiger partial charge in [-0.15, -0.1) is 0 Å². The molecule has 1 aliphatic heterocycles. The summed E-state index contributed by atoms with van der Waals surface area (Å²) in [7, 11) is 2.92. The van der Waals surface area contributed by atoms with Crippen LogP contribution in [0.4, 0.5) is 0 Å². The minimum atomic E-state index is -0.921. The number of aliphatic hydroxyl groups is 1. The number of halogens is 2. The van der Waals surface area contributed by atoms with E-state index in [1.54, 1.807) is 30.3 Å². The van der Waals surface area contributed by atoms with Gasteiger partial charge in [-0.25, -0.2) is 0 Å². The molecule has 0 spiro atoms. The number of likely N-dealkylation sites (tertiary alicyclic amines) is 1. The highest BCUT2D eigenvalue weighted by Crippen LogP contribution is 2.44. The molecule has 1 atom stereocenters. The van der Waals surface area contributed by atoms with E-state index in [2.05, 4.69) is 0 Å². The number of nitrogens with zero attached hydrogens (tertiary/aromatic N) is 1. The molecule has 38 heavy (non-hydrogen) atoms. The lowest BCUT2D eigenvalue weighted by Crippen LogP contribution is -2.29. The number of rotatable bonds is 8. The summed E-state index contributed by atoms with van der Waals surface area (Å²) < 4.78 is 16.6. The molecular formula is C29H27Cl2NO6. The van der Waals surface area contributed by atoms with Gasteiger partial charge in [-0.1, -0.05) is 53.5 Å². The molecule has 3 aromatic carbocycles. The Balaban J connectivity index is 1.91. The standard InChI is InChI=1S/C29H27Cl2NO6/c1-16(2)38-20-11-9-17(10-12-20)25-24(26(33)21-13-19(30)14-22(31)28(21)37-4)27(34)29(35)32(25)15-18-7-5-6-8-23(18)36-3/h5-14,16,25,33H,15H2,1-4H3/b26-24+. The first-order valence-corrected chi connectivity index (χ1v) is 12.6. The van der Waals surface area contributed by atoms with Crippen molar-refractivity contribution < 1.29 is 28.9 Å². The Labute approximate surface area is 231 Å². The van der Waals surface area contributed by atoms with Crippen LogP contribution in [0.25, 0.3) is 5.76 Å². The second kappa shape index (κ2) is 11.4. The van der Waals surface area contributed by atoms with Crippen molar-refractivity contribution in [1.82, 2.24) is 4.90 Å². The van der Waals surface area contributed by atoms with Gasteiger partial charge in [0.25, 0.3) is 11.7 Å². The van der Waals surface area contributed by atoms with E-state index in [1.807, 2.05) is 32.0 Å². The third-order valence-corrected chi connectivity index (χ3v) is 6.61. The molecule has 7 nitrogen and oxygen atoms in total. The number of Topliss-reactive ketones (excluding diaryl/α,β-unsaturated/α-hetero) is 1. The van der Waals surface area contributed by atoms with Gasteiger partial charge in [0.1, 0.15) is 23.0 Å². The van der Waals surface area contributed by atoms with Gasteiger partial charge in [0, 0.05) is 10.6 Å². The predicted octanol–water partition coefficient (Wildman–Crippen LogP) is 6.42. The van der Waals surface area contributed by atoms with Crippen LogP contribution in [0.2, 0.25) is 10.0 Å². The maximum atomic E-state index is 13.5. The highest BCUT2D eigenvalue weighted by atomic mass is 35.5. The Morgan fingerprint density at radius 2 is 1.68 bits per heavy atom. The first kappa shape index (κ1) is 27.4. The molecule has 198 valence electrons. The molecule has 4 rings (SSSR count). The molecule has 1 aliphatic rings. The molecule has 0 aliphatic carbocycles. The minimum Gasteiger partial charge on any atom is -0.507 e. The van der Waals surface area contributed by atoms with E-state index < -0.39 is 23.5 Å². The molecule has 0 bridgehead atoms. The van der Waals surface area contributed by atoms with Crippen molar-refractivity contribution in [2.75, 3.05) is 14.2 Å². The minimum absolute atomic E-state index is 0.0305. The maximum absolute atomic E-state index is 13.5. The van der Waals surface area contributed by atoms with Crippen LogP contribution in [0, 0.1) is 0 Å². The molecule has 0 aromatic heterocycles. The normalized spacial score (nSPS) is 16.7. The third kappa shape index (κ3) is 5.30. The summed E-state index contributed by atoms with van der Waals surface area (Å²) in [6.45, 7) is 3.90. The lowest BCUT2D eigenvalue weighted by Gasteiger charge is -2.26. The van der Waals surface area contributed by atoms with Crippen molar-refractivity contribution >= 4 is 40.7 Å². The van der Waals surface area contributed by atoms with Crippen molar-refractivity contribution in [3.8, 4) is 17.2 Å². The first-order chi connectivity index (χ1) is 18.2. The van der Waals surface area contributed by atoms with E-state index in [9.17, 15) is 14.7 Å². The topological polar surface area (TPSA) is 85.3 Å². The molecule has 1 heterocycles. The second-order valence-electron chi connectivity index (χ2n) is 8.94. The predicted molar refractivity (Wildman–Crippen MR) is 146 cm³/mol. The molecule has 1 saturated heterocycles. The van der Waals surface area contributed by atoms with Crippen LogP contribution in [0.5, 0.6) is 17.2 Å². The van der Waals surface area contributed by atoms with Crippen LogP contribution < -0.4 is 14.2 Å². The monoisotopic (exact) mass is 555 g/mol. The number of hydrogen-bond acceptors (Lipinski definition) is 6. The molecule has 3 aromatic rings. The van der Waals surface area contributed by atoms with Crippen LogP contribution in [0.1, 0.15) is 36.6 Å². The number of aliphatic hydroxyl groups excluding tert-OH is 1. The van der Waals surface area contributed by atoms with Crippen LogP contribution >= 0.6 is 23.2 Å². The van der Waals surface area contributed by atoms with Gasteiger partial charge in [-0.2, -0.15) is 0 Å². The van der Waals surface area contributed by atoms with Crippen molar-refractivity contribution in [2.45, 2.75) is 32.5 Å². The van der Waals surface area contributed by atoms with Gasteiger partial charge >= 0.3 is 0 Å². The van der Waals surface area contributed by atoms with Crippen molar-refractivity contribution in [3.63, 3.8) is 0 Å². The van der Waals surface area contributed by atoms with Crippen LogP contribution in [-0.4, -0.2) is 42.0 Å². The van der Waals surface area contributed by atoms with Crippen molar-refractivity contribution in [1.29, 1.82) is 0 Å². The SMILES string of the molecule is COc1ccccc1CN1C(=O)C(=O)/C(=C(/O)c2cc(Cl)cc(Cl)c2OC)C1c1ccc(OC(C)C)cc1. The summed E-state index contributed by atoms with van der Waals surface area (Å²) in [5.74, 6) is -0.727. The molecule has 9 heteroatoms. The number of para-hydroxylation sites is 1. The van der Waals surface area contributed by atoms with Crippen LogP contribution in [0.15, 0.2) is 66.2 Å². The number of benzene rings is 3. The van der Waals surface area contributed by atoms with E-state index in [0.29, 0.717) is 22.6 Å². The largest absolute Gasteiger partial charge is 0.507 e. The molecule has 1 N–H and O–H groups in total. The highest BCUT2D eigenvalue weighted by molar-refractivity contribution is 6.46. The van der Waals surface area contributed by atoms with Gasteiger partial charge < -0.3 is 24.2 Å². The Morgan fingerprint density at radius 1 is 1.00 bits per heavy atom. The van der Waals surface area contributed by atoms with Crippen LogP contribution in [0.3, 0.4) is 0 Å². The van der Waals surface area contributed by atoms with Crippen molar-refractivity contribution in [2.24, 2.45) is 0 Å². The summed E-state index contributed by atoms with van der Waals surface area (Å²) in [5, 5.41) is 11.9. The third-order valence-electron chi connectivity index (χ3n) is 6.11. The molecule has 0 saturated carbocycles. The Bertz CT molecular complexity index is 1400. The number of amides is 1. The molecule has 1 amide bonds. The fraction of sp³-hybridized carbons (Fsp3) is 0.241. The zero-order chi connectivity index (χ0) is 27.6. The molecule has 1 fully saturated rings. The maximum Gasteiger partial charge on any atom is 0.295 e. The second-order valence-corrected chi connectivity index (χ2v) is 9.79. The smallest absolute Gasteiger partial charge is 0.295 e. The van der Waals surface area contributed by atoms with Gasteiger partial charge in [0.05, 0.1) is 49.1 Å². The van der Waals surface area contributed by atoms with Crippen molar-refractivity contribution in [3.05, 3.63) is 93.0 Å². The summed E-state index contributed by atoms with van der Waals surface area (Å²) in [6, 6.07) is 16.2. The highest BCUT2D eigenvalue weighted by Gasteiger charge is 2.46. The Kier molecular flexibility index (Phi) is 8.19. The fourth-order valence-electron chi connectivity index (χ4n) is 4.50. The zero-order valence-electron chi connectivity index (χ0n) is 21.3.